The predicted molar refractivity (Wildman–Crippen MR) is 56.5 cm³/mol. The van der Waals surface area contributed by atoms with Crippen LogP contribution >= 0.6 is 15.9 Å². The number of benzene rings is 1. The molecule has 1 N–H and O–H groups in total. The minimum atomic E-state index is -0.690. The molecule has 0 heterocycles. The largest absolute Gasteiger partial charge is 0.465 e. The van der Waals surface area contributed by atoms with Gasteiger partial charge >= 0.3 is 5.97 Å². The summed E-state index contributed by atoms with van der Waals surface area (Å²) in [5.41, 5.74) is 0.984. The van der Waals surface area contributed by atoms with Crippen molar-refractivity contribution in [2.75, 3.05) is 12.4 Å². The summed E-state index contributed by atoms with van der Waals surface area (Å²) in [4.78, 5) is 11.3. The Morgan fingerprint density at radius 3 is 2.79 bits per heavy atom. The lowest BCUT2D eigenvalue weighted by Gasteiger charge is -2.11. The minimum Gasteiger partial charge on any atom is -0.465 e. The smallest absolute Gasteiger partial charge is 0.338 e. The lowest BCUT2D eigenvalue weighted by atomic mass is 10.0. The third kappa shape index (κ3) is 2.33. The number of ether oxygens (including phenoxy) is 1. The number of alkyl halides is 1. The number of esters is 1. The maximum atomic E-state index is 11.3. The van der Waals surface area contributed by atoms with Crippen LogP contribution in [0.15, 0.2) is 24.3 Å². The molecule has 0 saturated carbocycles. The fourth-order valence-electron chi connectivity index (χ4n) is 1.17. The SMILES string of the molecule is COC(=O)c1ccccc1C(O)CBr. The first kappa shape index (κ1) is 11.2. The molecular formula is C10H11BrO3. The van der Waals surface area contributed by atoms with Gasteiger partial charge in [-0.15, -0.1) is 0 Å². The van der Waals surface area contributed by atoms with E-state index in [-0.39, 0.29) is 0 Å². The summed E-state index contributed by atoms with van der Waals surface area (Å²) in [5, 5.41) is 9.99. The first-order valence-corrected chi connectivity index (χ1v) is 5.24. The second kappa shape index (κ2) is 5.12. The van der Waals surface area contributed by atoms with Crippen molar-refractivity contribution in [1.29, 1.82) is 0 Å². The van der Waals surface area contributed by atoms with Crippen LogP contribution in [0.1, 0.15) is 22.0 Å². The summed E-state index contributed by atoms with van der Waals surface area (Å²) >= 11 is 3.15. The van der Waals surface area contributed by atoms with Crippen LogP contribution in [-0.4, -0.2) is 23.5 Å². The fraction of sp³-hybridized carbons (Fsp3) is 0.300. The Kier molecular flexibility index (Phi) is 4.10. The van der Waals surface area contributed by atoms with Crippen molar-refractivity contribution >= 4 is 21.9 Å². The number of aliphatic hydroxyl groups is 1. The van der Waals surface area contributed by atoms with Crippen LogP contribution in [-0.2, 0) is 4.74 Å². The second-order valence-electron chi connectivity index (χ2n) is 2.75. The minimum absolute atomic E-state index is 0.390. The number of carbonyl (C=O) groups is 1. The van der Waals surface area contributed by atoms with Crippen LogP contribution < -0.4 is 0 Å². The molecule has 0 aliphatic heterocycles. The quantitative estimate of drug-likeness (QED) is 0.666. The summed E-state index contributed by atoms with van der Waals surface area (Å²) in [5.74, 6) is -0.430. The highest BCUT2D eigenvalue weighted by atomic mass is 79.9. The van der Waals surface area contributed by atoms with Crippen molar-refractivity contribution < 1.29 is 14.6 Å². The van der Waals surface area contributed by atoms with Gasteiger partial charge in [-0.25, -0.2) is 4.79 Å². The maximum Gasteiger partial charge on any atom is 0.338 e. The molecule has 0 radical (unpaired) electrons. The van der Waals surface area contributed by atoms with Crippen LogP contribution in [0.4, 0.5) is 0 Å². The van der Waals surface area contributed by atoms with Crippen molar-refractivity contribution in [2.24, 2.45) is 0 Å². The number of halogens is 1. The first-order valence-electron chi connectivity index (χ1n) is 4.12. The molecule has 1 rings (SSSR count). The van der Waals surface area contributed by atoms with Gasteiger partial charge in [0.15, 0.2) is 0 Å². The zero-order valence-electron chi connectivity index (χ0n) is 7.74. The van der Waals surface area contributed by atoms with Gasteiger partial charge in [0, 0.05) is 5.33 Å². The Labute approximate surface area is 90.8 Å². The van der Waals surface area contributed by atoms with Gasteiger partial charge < -0.3 is 9.84 Å². The molecule has 0 bridgehead atoms. The summed E-state index contributed by atoms with van der Waals surface area (Å²) in [6, 6.07) is 6.84. The number of methoxy groups -OCH3 is 1. The average molecular weight is 259 g/mol. The molecule has 0 amide bonds. The Balaban J connectivity index is 3.09. The van der Waals surface area contributed by atoms with E-state index >= 15 is 0 Å². The molecule has 0 fully saturated rings. The average Bonchev–Trinajstić information content (AvgIpc) is 2.27. The van der Waals surface area contributed by atoms with Crippen molar-refractivity contribution in [1.82, 2.24) is 0 Å². The molecule has 4 heteroatoms. The Bertz CT molecular complexity index is 325. The van der Waals surface area contributed by atoms with Gasteiger partial charge in [-0.3, -0.25) is 0 Å². The molecule has 0 aliphatic rings. The van der Waals surface area contributed by atoms with Crippen LogP contribution in [0, 0.1) is 0 Å². The monoisotopic (exact) mass is 258 g/mol. The van der Waals surface area contributed by atoms with E-state index in [9.17, 15) is 9.90 Å². The van der Waals surface area contributed by atoms with Gasteiger partial charge in [0.25, 0.3) is 0 Å². The molecule has 0 spiro atoms. The van der Waals surface area contributed by atoms with Gasteiger partial charge in [-0.1, -0.05) is 34.1 Å². The zero-order chi connectivity index (χ0) is 10.6. The van der Waals surface area contributed by atoms with E-state index < -0.39 is 12.1 Å². The van der Waals surface area contributed by atoms with E-state index in [1.165, 1.54) is 7.11 Å². The molecule has 0 aromatic heterocycles. The molecular weight excluding hydrogens is 248 g/mol. The lowest BCUT2D eigenvalue weighted by Crippen LogP contribution is -2.09. The molecule has 1 aromatic carbocycles. The van der Waals surface area contributed by atoms with Gasteiger partial charge in [-0.05, 0) is 11.6 Å². The molecule has 1 aromatic rings. The van der Waals surface area contributed by atoms with Gasteiger partial charge in [0.2, 0.25) is 0 Å². The lowest BCUT2D eigenvalue weighted by molar-refractivity contribution is 0.0594. The van der Waals surface area contributed by atoms with Gasteiger partial charge in [-0.2, -0.15) is 0 Å². The molecule has 1 atom stereocenters. The second-order valence-corrected chi connectivity index (χ2v) is 3.40. The van der Waals surface area contributed by atoms with Crippen LogP contribution in [0.3, 0.4) is 0 Å². The molecule has 3 nitrogen and oxygen atoms in total. The topological polar surface area (TPSA) is 46.5 Å². The van der Waals surface area contributed by atoms with E-state index in [2.05, 4.69) is 20.7 Å². The standard InChI is InChI=1S/C10H11BrO3/c1-14-10(13)8-5-3-2-4-7(8)9(12)6-11/h2-5,9,12H,6H2,1H3. The normalized spacial score (nSPS) is 12.2. The number of hydrogen-bond donors (Lipinski definition) is 1. The van der Waals surface area contributed by atoms with Crippen molar-refractivity contribution in [2.45, 2.75) is 6.10 Å². The van der Waals surface area contributed by atoms with E-state index in [1.54, 1.807) is 24.3 Å². The highest BCUT2D eigenvalue weighted by molar-refractivity contribution is 9.09. The van der Waals surface area contributed by atoms with Crippen LogP contribution in [0.5, 0.6) is 0 Å². The third-order valence-corrected chi connectivity index (χ3v) is 2.48. The van der Waals surface area contributed by atoms with E-state index in [0.717, 1.165) is 0 Å². The summed E-state index contributed by atoms with van der Waals surface area (Å²) in [6.07, 6.45) is -0.690. The molecule has 76 valence electrons. The summed E-state index contributed by atoms with van der Waals surface area (Å²) in [6.45, 7) is 0. The summed E-state index contributed by atoms with van der Waals surface area (Å²) < 4.78 is 4.61. The Hall–Kier alpha value is -0.870. The number of hydrogen-bond acceptors (Lipinski definition) is 3. The fourth-order valence-corrected chi connectivity index (χ4v) is 1.52. The zero-order valence-corrected chi connectivity index (χ0v) is 9.32. The number of aliphatic hydroxyl groups excluding tert-OH is 1. The van der Waals surface area contributed by atoms with Crippen LogP contribution in [0.2, 0.25) is 0 Å². The first-order chi connectivity index (χ1) is 6.70. The summed E-state index contributed by atoms with van der Waals surface area (Å²) in [7, 11) is 1.32. The molecule has 0 saturated heterocycles. The molecule has 1 unspecified atom stereocenters. The predicted octanol–water partition coefficient (Wildman–Crippen LogP) is 1.90. The Morgan fingerprint density at radius 2 is 2.21 bits per heavy atom. The van der Waals surface area contributed by atoms with Gasteiger partial charge in [0.1, 0.15) is 0 Å². The number of carbonyl (C=O) groups excluding carboxylic acids is 1. The van der Waals surface area contributed by atoms with Crippen molar-refractivity contribution in [3.8, 4) is 0 Å². The van der Waals surface area contributed by atoms with E-state index in [1.807, 2.05) is 0 Å². The third-order valence-electron chi connectivity index (χ3n) is 1.87. The van der Waals surface area contributed by atoms with Crippen molar-refractivity contribution in [3.05, 3.63) is 35.4 Å². The highest BCUT2D eigenvalue weighted by Gasteiger charge is 2.15. The Morgan fingerprint density at radius 1 is 1.57 bits per heavy atom. The molecule has 14 heavy (non-hydrogen) atoms. The van der Waals surface area contributed by atoms with E-state index in [4.69, 9.17) is 0 Å². The maximum absolute atomic E-state index is 11.3. The van der Waals surface area contributed by atoms with E-state index in [0.29, 0.717) is 16.5 Å². The molecule has 0 aliphatic carbocycles. The number of rotatable bonds is 3. The van der Waals surface area contributed by atoms with Crippen LogP contribution in [0.25, 0.3) is 0 Å². The van der Waals surface area contributed by atoms with Gasteiger partial charge in [0.05, 0.1) is 18.8 Å². The van der Waals surface area contributed by atoms with Crippen molar-refractivity contribution in [3.63, 3.8) is 0 Å². The highest BCUT2D eigenvalue weighted by Crippen LogP contribution is 2.20.